The van der Waals surface area contributed by atoms with Gasteiger partial charge in [0.15, 0.2) is 0 Å². The monoisotopic (exact) mass is 345 g/mol. The van der Waals surface area contributed by atoms with Crippen molar-refractivity contribution in [1.29, 1.82) is 0 Å². The second kappa shape index (κ2) is 7.24. The van der Waals surface area contributed by atoms with Crippen molar-refractivity contribution in [2.75, 3.05) is 19.8 Å². The van der Waals surface area contributed by atoms with Crippen molar-refractivity contribution in [2.45, 2.75) is 18.3 Å². The number of para-hydroxylation sites is 1. The molecule has 0 aliphatic carbocycles. The molecule has 24 heavy (non-hydrogen) atoms. The number of halogens is 1. The Kier molecular flexibility index (Phi) is 5.07. The number of amides is 1. The third kappa shape index (κ3) is 3.55. The highest BCUT2D eigenvalue weighted by Crippen LogP contribution is 2.35. The number of hydrogen-bond donors (Lipinski definition) is 2. The molecule has 0 unspecified atom stereocenters. The maximum atomic E-state index is 12.4. The van der Waals surface area contributed by atoms with E-state index in [1.807, 2.05) is 24.3 Å². The van der Waals surface area contributed by atoms with Crippen LogP contribution in [0.2, 0.25) is 5.02 Å². The minimum Gasteiger partial charge on any atom is -0.507 e. The normalized spacial score (nSPS) is 16.5. The first-order valence-corrected chi connectivity index (χ1v) is 8.38. The summed E-state index contributed by atoms with van der Waals surface area (Å²) >= 11 is 6.15. The van der Waals surface area contributed by atoms with Crippen LogP contribution in [0.5, 0.6) is 5.75 Å². The van der Waals surface area contributed by atoms with Crippen LogP contribution in [-0.4, -0.2) is 30.8 Å². The van der Waals surface area contributed by atoms with Crippen LogP contribution in [0, 0.1) is 0 Å². The lowest BCUT2D eigenvalue weighted by molar-refractivity contribution is 0.0487. The van der Waals surface area contributed by atoms with Gasteiger partial charge in [0, 0.05) is 30.2 Å². The molecule has 0 radical (unpaired) electrons. The molecule has 2 N–H and O–H groups in total. The van der Waals surface area contributed by atoms with Gasteiger partial charge < -0.3 is 15.2 Å². The molecule has 1 saturated heterocycles. The number of phenols is 1. The molecule has 2 aromatic rings. The lowest BCUT2D eigenvalue weighted by atomic mass is 9.74. The summed E-state index contributed by atoms with van der Waals surface area (Å²) in [5.41, 5.74) is 1.19. The minimum absolute atomic E-state index is 0.0150. The van der Waals surface area contributed by atoms with Crippen molar-refractivity contribution in [1.82, 2.24) is 5.32 Å². The fraction of sp³-hybridized carbons (Fsp3) is 0.316. The van der Waals surface area contributed by atoms with Crippen LogP contribution < -0.4 is 5.32 Å². The smallest absolute Gasteiger partial charge is 0.255 e. The first-order chi connectivity index (χ1) is 11.6. The third-order valence-electron chi connectivity index (χ3n) is 4.62. The van der Waals surface area contributed by atoms with E-state index in [1.54, 1.807) is 18.2 Å². The Morgan fingerprint density at radius 3 is 2.62 bits per heavy atom. The lowest BCUT2D eigenvalue weighted by Gasteiger charge is -2.38. The van der Waals surface area contributed by atoms with Crippen LogP contribution in [0.3, 0.4) is 0 Å². The minimum atomic E-state index is -0.277. The second-order valence-corrected chi connectivity index (χ2v) is 6.54. The van der Waals surface area contributed by atoms with E-state index in [4.69, 9.17) is 16.3 Å². The van der Waals surface area contributed by atoms with E-state index in [0.717, 1.165) is 18.4 Å². The van der Waals surface area contributed by atoms with Crippen molar-refractivity contribution in [3.05, 3.63) is 64.7 Å². The first kappa shape index (κ1) is 16.8. The summed E-state index contributed by atoms with van der Waals surface area (Å²) in [4.78, 5) is 12.4. The van der Waals surface area contributed by atoms with Crippen LogP contribution >= 0.6 is 11.6 Å². The molecule has 1 amide bonds. The van der Waals surface area contributed by atoms with E-state index in [9.17, 15) is 9.90 Å². The number of carbonyl (C=O) groups excluding carboxylic acids is 1. The lowest BCUT2D eigenvalue weighted by Crippen LogP contribution is -2.44. The van der Waals surface area contributed by atoms with E-state index in [2.05, 4.69) is 5.32 Å². The Labute approximate surface area is 146 Å². The zero-order valence-electron chi connectivity index (χ0n) is 13.3. The van der Waals surface area contributed by atoms with Gasteiger partial charge in [0.05, 0.1) is 5.56 Å². The largest absolute Gasteiger partial charge is 0.507 e. The van der Waals surface area contributed by atoms with Crippen LogP contribution in [0.25, 0.3) is 0 Å². The zero-order valence-corrected chi connectivity index (χ0v) is 14.1. The van der Waals surface area contributed by atoms with Crippen molar-refractivity contribution in [2.24, 2.45) is 0 Å². The highest BCUT2D eigenvalue weighted by molar-refractivity contribution is 6.30. The third-order valence-corrected chi connectivity index (χ3v) is 4.86. The molecule has 0 saturated carbocycles. The molecule has 1 heterocycles. The number of nitrogens with one attached hydrogen (secondary N) is 1. The van der Waals surface area contributed by atoms with Gasteiger partial charge in [-0.05, 0) is 42.7 Å². The SMILES string of the molecule is O=C(NCC1(c2cccc(Cl)c2)CCOCC1)c1ccccc1O. The first-order valence-electron chi connectivity index (χ1n) is 8.01. The molecule has 0 atom stereocenters. The number of aromatic hydroxyl groups is 1. The predicted octanol–water partition coefficient (Wildman–Crippen LogP) is 3.52. The number of benzene rings is 2. The number of hydrogen-bond acceptors (Lipinski definition) is 3. The Hall–Kier alpha value is -2.04. The molecule has 126 valence electrons. The molecule has 5 heteroatoms. The number of rotatable bonds is 4. The van der Waals surface area contributed by atoms with E-state index in [1.165, 1.54) is 6.07 Å². The topological polar surface area (TPSA) is 58.6 Å². The summed E-state index contributed by atoms with van der Waals surface area (Å²) in [5, 5.41) is 13.5. The second-order valence-electron chi connectivity index (χ2n) is 6.10. The van der Waals surface area contributed by atoms with Crippen LogP contribution in [0.1, 0.15) is 28.8 Å². The van der Waals surface area contributed by atoms with Gasteiger partial charge >= 0.3 is 0 Å². The number of carbonyl (C=O) groups is 1. The average Bonchev–Trinajstić information content (AvgIpc) is 2.61. The Morgan fingerprint density at radius 2 is 1.92 bits per heavy atom. The maximum Gasteiger partial charge on any atom is 0.255 e. The van der Waals surface area contributed by atoms with Gasteiger partial charge in [-0.2, -0.15) is 0 Å². The molecule has 0 spiro atoms. The maximum absolute atomic E-state index is 12.4. The summed E-state index contributed by atoms with van der Waals surface area (Å²) in [6, 6.07) is 14.3. The van der Waals surface area contributed by atoms with Crippen LogP contribution in [0.4, 0.5) is 0 Å². The Balaban J connectivity index is 1.80. The molecule has 1 aliphatic heterocycles. The summed E-state index contributed by atoms with van der Waals surface area (Å²) in [6.07, 6.45) is 1.63. The van der Waals surface area contributed by atoms with Gasteiger partial charge in [-0.15, -0.1) is 0 Å². The molecule has 1 aliphatic rings. The van der Waals surface area contributed by atoms with Gasteiger partial charge in [0.25, 0.3) is 5.91 Å². The predicted molar refractivity (Wildman–Crippen MR) is 93.6 cm³/mol. The van der Waals surface area contributed by atoms with Crippen molar-refractivity contribution < 1.29 is 14.6 Å². The quantitative estimate of drug-likeness (QED) is 0.891. The van der Waals surface area contributed by atoms with Crippen LogP contribution in [0.15, 0.2) is 48.5 Å². The fourth-order valence-electron chi connectivity index (χ4n) is 3.16. The summed E-state index contributed by atoms with van der Waals surface area (Å²) < 4.78 is 5.50. The Morgan fingerprint density at radius 1 is 1.17 bits per heavy atom. The zero-order chi connectivity index (χ0) is 17.0. The number of phenolic OH excluding ortho intramolecular Hbond substituents is 1. The van der Waals surface area contributed by atoms with E-state index < -0.39 is 0 Å². The molecule has 4 nitrogen and oxygen atoms in total. The van der Waals surface area contributed by atoms with Crippen molar-refractivity contribution in [3.8, 4) is 5.75 Å². The average molecular weight is 346 g/mol. The molecule has 1 fully saturated rings. The van der Waals surface area contributed by atoms with Gasteiger partial charge in [0.2, 0.25) is 0 Å². The van der Waals surface area contributed by atoms with Gasteiger partial charge in [-0.25, -0.2) is 0 Å². The highest BCUT2D eigenvalue weighted by atomic mass is 35.5. The standard InChI is InChI=1S/C19H20ClNO3/c20-15-5-3-4-14(12-15)19(8-10-24-11-9-19)13-21-18(23)16-6-1-2-7-17(16)22/h1-7,12,22H,8-11,13H2,(H,21,23). The van der Waals surface area contributed by atoms with Gasteiger partial charge in [-0.1, -0.05) is 35.9 Å². The number of ether oxygens (including phenoxy) is 1. The molecule has 3 rings (SSSR count). The molecule has 2 aromatic carbocycles. The van der Waals surface area contributed by atoms with Crippen molar-refractivity contribution in [3.63, 3.8) is 0 Å². The van der Waals surface area contributed by atoms with Crippen molar-refractivity contribution >= 4 is 17.5 Å². The molecule has 0 bridgehead atoms. The van der Waals surface area contributed by atoms with Gasteiger partial charge in [-0.3, -0.25) is 4.79 Å². The van der Waals surface area contributed by atoms with E-state index in [-0.39, 0.29) is 22.6 Å². The summed E-state index contributed by atoms with van der Waals surface area (Å²) in [6.45, 7) is 1.78. The fourth-order valence-corrected chi connectivity index (χ4v) is 3.35. The van der Waals surface area contributed by atoms with Gasteiger partial charge in [0.1, 0.15) is 5.75 Å². The Bertz CT molecular complexity index is 726. The molecular weight excluding hydrogens is 326 g/mol. The summed E-state index contributed by atoms with van der Waals surface area (Å²) in [7, 11) is 0. The van der Waals surface area contributed by atoms with Crippen LogP contribution in [-0.2, 0) is 10.2 Å². The van der Waals surface area contributed by atoms with E-state index >= 15 is 0 Å². The molecule has 0 aromatic heterocycles. The van der Waals surface area contributed by atoms with E-state index in [0.29, 0.717) is 24.8 Å². The summed E-state index contributed by atoms with van der Waals surface area (Å²) in [5.74, 6) is -0.292. The molecular formula is C19H20ClNO3. The highest BCUT2D eigenvalue weighted by Gasteiger charge is 2.35.